The fraction of sp³-hybridized carbons (Fsp3) is 0.389. The van der Waals surface area contributed by atoms with E-state index < -0.39 is 0 Å². The van der Waals surface area contributed by atoms with Gasteiger partial charge in [-0.3, -0.25) is 0 Å². The zero-order chi connectivity index (χ0) is 17.2. The molecule has 0 spiro atoms. The first-order valence-corrected chi connectivity index (χ1v) is 9.01. The molecule has 0 radical (unpaired) electrons. The molecule has 1 aromatic carbocycles. The number of nitriles is 1. The van der Waals surface area contributed by atoms with Gasteiger partial charge in [0.1, 0.15) is 0 Å². The summed E-state index contributed by atoms with van der Waals surface area (Å²) in [4.78, 5) is 10.3. The lowest BCUT2D eigenvalue weighted by molar-refractivity contribution is 0.796. The fourth-order valence-corrected chi connectivity index (χ4v) is 3.03. The van der Waals surface area contributed by atoms with Crippen LogP contribution >= 0.6 is 35.3 Å². The Labute approximate surface area is 170 Å². The lowest BCUT2D eigenvalue weighted by atomic mass is 10.1. The molecule has 5 nitrogen and oxygen atoms in total. The number of guanidine groups is 1. The summed E-state index contributed by atoms with van der Waals surface area (Å²) >= 11 is 1.77. The Balaban J connectivity index is 0.00000312. The van der Waals surface area contributed by atoms with Gasteiger partial charge in [0, 0.05) is 30.6 Å². The van der Waals surface area contributed by atoms with Gasteiger partial charge < -0.3 is 10.6 Å². The number of nitrogens with one attached hydrogen (secondary N) is 2. The van der Waals surface area contributed by atoms with Gasteiger partial charge in [-0.2, -0.15) is 5.26 Å². The molecule has 0 saturated heterocycles. The number of halogens is 1. The molecule has 1 aromatic heterocycles. The van der Waals surface area contributed by atoms with E-state index in [-0.39, 0.29) is 24.0 Å². The number of aryl methyl sites for hydroxylation is 1. The summed E-state index contributed by atoms with van der Waals surface area (Å²) in [5.74, 6) is 0.784. The third kappa shape index (κ3) is 7.40. The Hall–Kier alpha value is -1.66. The molecule has 0 bridgehead atoms. The predicted molar refractivity (Wildman–Crippen MR) is 115 cm³/mol. The Bertz CT molecular complexity index is 720. The van der Waals surface area contributed by atoms with Gasteiger partial charge in [-0.25, -0.2) is 9.98 Å². The maximum Gasteiger partial charge on any atom is 0.191 e. The molecular formula is C18H24IN5S. The maximum absolute atomic E-state index is 8.95. The summed E-state index contributed by atoms with van der Waals surface area (Å²) in [5, 5.41) is 16.7. The largest absolute Gasteiger partial charge is 0.357 e. The lowest BCUT2D eigenvalue weighted by Crippen LogP contribution is -2.38. The second-order valence-electron chi connectivity index (χ2n) is 5.26. The zero-order valence-electron chi connectivity index (χ0n) is 14.6. The number of nitrogens with zero attached hydrogens (tertiary/aromatic N) is 3. The van der Waals surface area contributed by atoms with Crippen molar-refractivity contribution in [2.24, 2.45) is 4.99 Å². The Morgan fingerprint density at radius 2 is 2.16 bits per heavy atom. The van der Waals surface area contributed by atoms with E-state index in [9.17, 15) is 0 Å². The van der Waals surface area contributed by atoms with Crippen LogP contribution in [-0.2, 0) is 19.4 Å². The van der Waals surface area contributed by atoms with Gasteiger partial charge in [0.05, 0.1) is 23.2 Å². The minimum atomic E-state index is 0. The van der Waals surface area contributed by atoms with Crippen LogP contribution in [0, 0.1) is 11.3 Å². The number of aliphatic imine (C=N–C) groups is 1. The van der Waals surface area contributed by atoms with E-state index in [1.165, 1.54) is 4.88 Å². The van der Waals surface area contributed by atoms with Gasteiger partial charge in [-0.15, -0.1) is 35.3 Å². The van der Waals surface area contributed by atoms with Gasteiger partial charge >= 0.3 is 0 Å². The highest BCUT2D eigenvalue weighted by molar-refractivity contribution is 14.0. The van der Waals surface area contributed by atoms with Gasteiger partial charge in [0.25, 0.3) is 0 Å². The van der Waals surface area contributed by atoms with Crippen molar-refractivity contribution in [1.29, 1.82) is 5.26 Å². The van der Waals surface area contributed by atoms with Crippen LogP contribution in [0.3, 0.4) is 0 Å². The third-order valence-corrected chi connectivity index (χ3v) is 4.60. The average molecular weight is 469 g/mol. The van der Waals surface area contributed by atoms with E-state index in [0.717, 1.165) is 42.5 Å². The quantitative estimate of drug-likeness (QED) is 0.370. The van der Waals surface area contributed by atoms with Crippen molar-refractivity contribution in [3.8, 4) is 6.07 Å². The second-order valence-corrected chi connectivity index (χ2v) is 6.46. The maximum atomic E-state index is 8.95. The van der Waals surface area contributed by atoms with Gasteiger partial charge in [0.2, 0.25) is 0 Å². The van der Waals surface area contributed by atoms with E-state index in [1.807, 2.05) is 31.3 Å². The minimum Gasteiger partial charge on any atom is -0.357 e. The monoisotopic (exact) mass is 469 g/mol. The number of rotatable bonds is 7. The van der Waals surface area contributed by atoms with E-state index in [2.05, 4.69) is 33.6 Å². The molecule has 0 saturated carbocycles. The highest BCUT2D eigenvalue weighted by Gasteiger charge is 2.02. The van der Waals surface area contributed by atoms with Crippen LogP contribution in [0.5, 0.6) is 0 Å². The highest BCUT2D eigenvalue weighted by Crippen LogP contribution is 2.13. The van der Waals surface area contributed by atoms with Crippen molar-refractivity contribution in [3.05, 3.63) is 51.5 Å². The van der Waals surface area contributed by atoms with Crippen LogP contribution in [0.15, 0.2) is 35.5 Å². The second kappa shape index (κ2) is 11.8. The molecule has 2 N–H and O–H groups in total. The molecule has 0 unspecified atom stereocenters. The SMILES string of the molecule is CCNC(=NCc1cccc(C#N)c1)NCCc1ncc(CC)s1.I. The van der Waals surface area contributed by atoms with Crippen molar-refractivity contribution < 1.29 is 0 Å². The molecule has 25 heavy (non-hydrogen) atoms. The molecular weight excluding hydrogens is 445 g/mol. The number of hydrogen-bond acceptors (Lipinski definition) is 4. The summed E-state index contributed by atoms with van der Waals surface area (Å²) in [6.07, 6.45) is 3.89. The first-order chi connectivity index (χ1) is 11.7. The highest BCUT2D eigenvalue weighted by atomic mass is 127. The van der Waals surface area contributed by atoms with Crippen molar-refractivity contribution in [1.82, 2.24) is 15.6 Å². The Morgan fingerprint density at radius 1 is 1.32 bits per heavy atom. The normalized spacial score (nSPS) is 10.7. The van der Waals surface area contributed by atoms with Crippen LogP contribution in [0.1, 0.15) is 34.9 Å². The van der Waals surface area contributed by atoms with Crippen LogP contribution in [0.4, 0.5) is 0 Å². The predicted octanol–water partition coefficient (Wildman–Crippen LogP) is 3.49. The van der Waals surface area contributed by atoms with E-state index >= 15 is 0 Å². The summed E-state index contributed by atoms with van der Waals surface area (Å²) in [6, 6.07) is 9.69. The van der Waals surface area contributed by atoms with Crippen molar-refractivity contribution in [3.63, 3.8) is 0 Å². The smallest absolute Gasteiger partial charge is 0.191 e. The molecule has 0 aliphatic rings. The molecule has 7 heteroatoms. The number of thiazole rings is 1. The zero-order valence-corrected chi connectivity index (χ0v) is 17.7. The summed E-state index contributed by atoms with van der Waals surface area (Å²) in [7, 11) is 0. The van der Waals surface area contributed by atoms with Gasteiger partial charge in [-0.1, -0.05) is 19.1 Å². The van der Waals surface area contributed by atoms with Crippen LogP contribution in [-0.4, -0.2) is 24.0 Å². The summed E-state index contributed by atoms with van der Waals surface area (Å²) in [5.41, 5.74) is 1.69. The topological polar surface area (TPSA) is 73.1 Å². The van der Waals surface area contributed by atoms with Crippen molar-refractivity contribution in [2.45, 2.75) is 33.2 Å². The molecule has 2 aromatic rings. The number of benzene rings is 1. The molecule has 0 fully saturated rings. The lowest BCUT2D eigenvalue weighted by Gasteiger charge is -2.10. The van der Waals surface area contributed by atoms with Crippen LogP contribution < -0.4 is 10.6 Å². The molecule has 134 valence electrons. The molecule has 1 heterocycles. The number of hydrogen-bond donors (Lipinski definition) is 2. The standard InChI is InChI=1S/C18H23N5S.HI/c1-3-16-13-22-17(24-16)8-9-21-18(20-4-2)23-12-15-7-5-6-14(10-15)11-19;/h5-7,10,13H,3-4,8-9,12H2,1-2H3,(H2,20,21,23);1H. The fourth-order valence-electron chi connectivity index (χ4n) is 2.17. The van der Waals surface area contributed by atoms with Gasteiger partial charge in [-0.05, 0) is 31.0 Å². The summed E-state index contributed by atoms with van der Waals surface area (Å²) in [6.45, 7) is 6.33. The first kappa shape index (κ1) is 21.4. The van der Waals surface area contributed by atoms with E-state index in [0.29, 0.717) is 12.1 Å². The van der Waals surface area contributed by atoms with Crippen LogP contribution in [0.2, 0.25) is 0 Å². The summed E-state index contributed by atoms with van der Waals surface area (Å²) < 4.78 is 0. The third-order valence-electron chi connectivity index (χ3n) is 3.40. The number of aromatic nitrogens is 1. The van der Waals surface area contributed by atoms with Crippen molar-refractivity contribution >= 4 is 41.3 Å². The van der Waals surface area contributed by atoms with E-state index in [1.54, 1.807) is 17.4 Å². The van der Waals surface area contributed by atoms with E-state index in [4.69, 9.17) is 5.26 Å². The Kier molecular flexibility index (Phi) is 10.1. The van der Waals surface area contributed by atoms with Gasteiger partial charge in [0.15, 0.2) is 5.96 Å². The molecule has 0 aliphatic heterocycles. The molecule has 0 aliphatic carbocycles. The Morgan fingerprint density at radius 3 is 2.84 bits per heavy atom. The average Bonchev–Trinajstić information content (AvgIpc) is 3.08. The first-order valence-electron chi connectivity index (χ1n) is 8.20. The molecule has 2 rings (SSSR count). The van der Waals surface area contributed by atoms with Crippen molar-refractivity contribution in [2.75, 3.05) is 13.1 Å². The molecule has 0 atom stereocenters. The molecule has 0 amide bonds. The minimum absolute atomic E-state index is 0. The van der Waals surface area contributed by atoms with Crippen LogP contribution in [0.25, 0.3) is 0 Å².